The van der Waals surface area contributed by atoms with Crippen molar-refractivity contribution in [3.8, 4) is 0 Å². The molecule has 162 valence electrons. The molecule has 0 aliphatic carbocycles. The van der Waals surface area contributed by atoms with Gasteiger partial charge in [-0.15, -0.1) is 0 Å². The van der Waals surface area contributed by atoms with Crippen molar-refractivity contribution in [1.82, 2.24) is 9.62 Å². The first-order valence-electron chi connectivity index (χ1n) is 9.65. The van der Waals surface area contributed by atoms with E-state index in [-0.39, 0.29) is 23.9 Å². The van der Waals surface area contributed by atoms with E-state index in [0.29, 0.717) is 18.0 Å². The Balaban J connectivity index is 1.73. The molecule has 3 aromatic rings. The Morgan fingerprint density at radius 1 is 0.903 bits per heavy atom. The molecule has 0 aliphatic rings. The van der Waals surface area contributed by atoms with Crippen molar-refractivity contribution in [3.63, 3.8) is 0 Å². The predicted octanol–water partition coefficient (Wildman–Crippen LogP) is 4.65. The van der Waals surface area contributed by atoms with Gasteiger partial charge in [0.15, 0.2) is 0 Å². The maximum absolute atomic E-state index is 13.2. The average molecular weight is 522 g/mol. The Kier molecular flexibility index (Phi) is 8.26. The molecule has 0 saturated heterocycles. The summed E-state index contributed by atoms with van der Waals surface area (Å²) in [6.45, 7) is 0.218. The van der Waals surface area contributed by atoms with Gasteiger partial charge in [0, 0.05) is 22.6 Å². The molecule has 31 heavy (non-hydrogen) atoms. The fourth-order valence-electron chi connectivity index (χ4n) is 2.98. The quantitative estimate of drug-likeness (QED) is 0.446. The summed E-state index contributed by atoms with van der Waals surface area (Å²) in [5, 5.41) is 3.26. The second-order valence-electron chi connectivity index (χ2n) is 6.94. The van der Waals surface area contributed by atoms with E-state index in [4.69, 9.17) is 11.6 Å². The van der Waals surface area contributed by atoms with E-state index < -0.39 is 10.0 Å². The van der Waals surface area contributed by atoms with Gasteiger partial charge >= 0.3 is 0 Å². The number of hydrogen-bond acceptors (Lipinski definition) is 3. The molecule has 0 aliphatic heterocycles. The zero-order chi connectivity index (χ0) is 22.3. The van der Waals surface area contributed by atoms with Crippen LogP contribution in [0.2, 0.25) is 5.02 Å². The van der Waals surface area contributed by atoms with Gasteiger partial charge in [-0.3, -0.25) is 4.79 Å². The molecule has 1 amide bonds. The van der Waals surface area contributed by atoms with Gasteiger partial charge in [-0.2, -0.15) is 4.31 Å². The van der Waals surface area contributed by atoms with Crippen molar-refractivity contribution in [2.45, 2.75) is 17.9 Å². The van der Waals surface area contributed by atoms with Crippen LogP contribution < -0.4 is 5.32 Å². The fourth-order valence-corrected chi connectivity index (χ4v) is 4.76. The first kappa shape index (κ1) is 23.5. The zero-order valence-electron chi connectivity index (χ0n) is 16.7. The molecule has 0 aromatic heterocycles. The highest BCUT2D eigenvalue weighted by Gasteiger charge is 2.27. The maximum Gasteiger partial charge on any atom is 0.243 e. The molecule has 0 atom stereocenters. The van der Waals surface area contributed by atoms with Crippen molar-refractivity contribution in [1.29, 1.82) is 0 Å². The van der Waals surface area contributed by atoms with Crippen LogP contribution in [0.5, 0.6) is 0 Å². The Bertz CT molecular complexity index is 1110. The van der Waals surface area contributed by atoms with E-state index in [1.165, 1.54) is 28.6 Å². The van der Waals surface area contributed by atoms with Gasteiger partial charge in [0.05, 0.1) is 11.4 Å². The van der Waals surface area contributed by atoms with Gasteiger partial charge in [-0.05, 0) is 53.9 Å². The van der Waals surface area contributed by atoms with Gasteiger partial charge < -0.3 is 5.32 Å². The summed E-state index contributed by atoms with van der Waals surface area (Å²) in [6.07, 6.45) is 0.670. The largest absolute Gasteiger partial charge is 0.355 e. The molecule has 3 rings (SSSR count). The molecule has 0 saturated carbocycles. The van der Waals surface area contributed by atoms with Crippen LogP contribution >= 0.6 is 27.5 Å². The van der Waals surface area contributed by atoms with Gasteiger partial charge in [0.1, 0.15) is 0 Å². The Labute approximate surface area is 196 Å². The summed E-state index contributed by atoms with van der Waals surface area (Å²) >= 11 is 9.28. The highest BCUT2D eigenvalue weighted by molar-refractivity contribution is 9.10. The van der Waals surface area contributed by atoms with Crippen LogP contribution in [-0.2, 0) is 27.8 Å². The minimum absolute atomic E-state index is 0.0738. The van der Waals surface area contributed by atoms with Crippen LogP contribution in [0.4, 0.5) is 0 Å². The monoisotopic (exact) mass is 520 g/mol. The molecule has 8 heteroatoms. The van der Waals surface area contributed by atoms with Gasteiger partial charge in [-0.25, -0.2) is 8.42 Å². The van der Waals surface area contributed by atoms with Crippen LogP contribution in [0.3, 0.4) is 0 Å². The molecule has 0 radical (unpaired) electrons. The number of hydrogen-bond donors (Lipinski definition) is 1. The normalized spacial score (nSPS) is 11.5. The molecule has 0 heterocycles. The van der Waals surface area contributed by atoms with Crippen molar-refractivity contribution < 1.29 is 13.2 Å². The average Bonchev–Trinajstić information content (AvgIpc) is 2.76. The van der Waals surface area contributed by atoms with E-state index in [9.17, 15) is 13.2 Å². The molecule has 5 nitrogen and oxygen atoms in total. The summed E-state index contributed by atoms with van der Waals surface area (Å²) in [7, 11) is -3.90. The number of amides is 1. The van der Waals surface area contributed by atoms with Crippen molar-refractivity contribution in [2.24, 2.45) is 0 Å². The van der Waals surface area contributed by atoms with Crippen molar-refractivity contribution >= 4 is 43.5 Å². The van der Waals surface area contributed by atoms with Gasteiger partial charge in [-0.1, -0.05) is 70.0 Å². The molecule has 0 spiro atoms. The van der Waals surface area contributed by atoms with Crippen molar-refractivity contribution in [2.75, 3.05) is 13.1 Å². The van der Waals surface area contributed by atoms with E-state index in [2.05, 4.69) is 21.2 Å². The third-order valence-electron chi connectivity index (χ3n) is 4.62. The molecule has 0 bridgehead atoms. The number of nitrogens with zero attached hydrogens (tertiary/aromatic N) is 1. The molecular formula is C23H22BrClN2O3S. The van der Waals surface area contributed by atoms with Crippen LogP contribution in [-0.4, -0.2) is 31.7 Å². The van der Waals surface area contributed by atoms with Crippen LogP contribution in [0.25, 0.3) is 0 Å². The lowest BCUT2D eigenvalue weighted by Gasteiger charge is -2.22. The Morgan fingerprint density at radius 3 is 2.19 bits per heavy atom. The predicted molar refractivity (Wildman–Crippen MR) is 126 cm³/mol. The third kappa shape index (κ3) is 6.90. The summed E-state index contributed by atoms with van der Waals surface area (Å²) in [4.78, 5) is 12.7. The number of rotatable bonds is 9. The number of carbonyl (C=O) groups excluding carboxylic acids is 1. The number of benzene rings is 3. The lowest BCUT2D eigenvalue weighted by molar-refractivity contribution is -0.121. The lowest BCUT2D eigenvalue weighted by atomic mass is 10.1. The Hall–Kier alpha value is -2.19. The van der Waals surface area contributed by atoms with E-state index >= 15 is 0 Å². The number of nitrogens with one attached hydrogen (secondary N) is 1. The topological polar surface area (TPSA) is 66.5 Å². The first-order chi connectivity index (χ1) is 14.8. The highest BCUT2D eigenvalue weighted by atomic mass is 79.9. The smallest absolute Gasteiger partial charge is 0.243 e. The number of halogens is 2. The minimum atomic E-state index is -3.90. The van der Waals surface area contributed by atoms with Gasteiger partial charge in [0.2, 0.25) is 15.9 Å². The van der Waals surface area contributed by atoms with Crippen molar-refractivity contribution in [3.05, 3.63) is 99.5 Å². The van der Waals surface area contributed by atoms with E-state index in [1.807, 2.05) is 54.6 Å². The second kappa shape index (κ2) is 10.9. The molecule has 1 N–H and O–H groups in total. The number of sulfonamides is 1. The molecule has 3 aromatic carbocycles. The minimum Gasteiger partial charge on any atom is -0.355 e. The van der Waals surface area contributed by atoms with E-state index in [0.717, 1.165) is 15.6 Å². The third-order valence-corrected chi connectivity index (χ3v) is 7.21. The van der Waals surface area contributed by atoms with E-state index in [1.54, 1.807) is 0 Å². The second-order valence-corrected chi connectivity index (χ2v) is 10.2. The Morgan fingerprint density at radius 2 is 1.55 bits per heavy atom. The fraction of sp³-hybridized carbons (Fsp3) is 0.174. The highest BCUT2D eigenvalue weighted by Crippen LogP contribution is 2.21. The van der Waals surface area contributed by atoms with Crippen LogP contribution in [0.15, 0.2) is 88.2 Å². The summed E-state index contributed by atoms with van der Waals surface area (Å²) < 4.78 is 28.5. The molecule has 0 unspecified atom stereocenters. The number of carbonyl (C=O) groups is 1. The molecule has 0 fully saturated rings. The SMILES string of the molecule is O=C(CN(Cc1ccc(Br)cc1)S(=O)(=O)c1ccc(Cl)cc1)NCCc1ccccc1. The summed E-state index contributed by atoms with van der Waals surface area (Å²) in [6, 6.07) is 23.0. The first-order valence-corrected chi connectivity index (χ1v) is 12.3. The lowest BCUT2D eigenvalue weighted by Crippen LogP contribution is -2.40. The molecular weight excluding hydrogens is 500 g/mol. The maximum atomic E-state index is 13.2. The summed E-state index contributed by atoms with van der Waals surface area (Å²) in [5.74, 6) is -0.356. The van der Waals surface area contributed by atoms with Gasteiger partial charge in [0.25, 0.3) is 0 Å². The van der Waals surface area contributed by atoms with Crippen LogP contribution in [0, 0.1) is 0 Å². The standard InChI is InChI=1S/C23H22BrClN2O3S/c24-20-8-6-19(7-9-20)16-27(31(29,30)22-12-10-21(25)11-13-22)17-23(28)26-15-14-18-4-2-1-3-5-18/h1-13H,14-17H2,(H,26,28). The summed E-state index contributed by atoms with van der Waals surface area (Å²) in [5.41, 5.74) is 1.88. The van der Waals surface area contributed by atoms with Crippen LogP contribution in [0.1, 0.15) is 11.1 Å². The zero-order valence-corrected chi connectivity index (χ0v) is 19.8.